The molecule has 3 heteroatoms. The summed E-state index contributed by atoms with van der Waals surface area (Å²) in [5.74, 6) is 0. The van der Waals surface area contributed by atoms with Crippen LogP contribution in [0.3, 0.4) is 0 Å². The number of nitrogens with zero attached hydrogens (tertiary/aromatic N) is 1. The van der Waals surface area contributed by atoms with Gasteiger partial charge in [-0.1, -0.05) is 98.0 Å². The second-order valence-corrected chi connectivity index (χ2v) is 12.8. The summed E-state index contributed by atoms with van der Waals surface area (Å²) in [6.07, 6.45) is 0.934. The molecule has 0 aliphatic carbocycles. The van der Waals surface area contributed by atoms with E-state index in [9.17, 15) is 0 Å². The van der Waals surface area contributed by atoms with Gasteiger partial charge in [0.05, 0.1) is 6.04 Å². The van der Waals surface area contributed by atoms with Crippen molar-refractivity contribution in [2.24, 2.45) is 0 Å². The topological polar surface area (TPSA) is 3.24 Å². The zero-order chi connectivity index (χ0) is 18.6. The van der Waals surface area contributed by atoms with Crippen molar-refractivity contribution >= 4 is 25.5 Å². The maximum atomic E-state index is 6.66. The minimum absolute atomic E-state index is 0.208. The van der Waals surface area contributed by atoms with Crippen LogP contribution in [-0.2, 0) is 6.42 Å². The molecule has 0 bridgehead atoms. The summed E-state index contributed by atoms with van der Waals surface area (Å²) < 4.78 is 2.63. The van der Waals surface area contributed by atoms with Crippen molar-refractivity contribution in [1.82, 2.24) is 0 Å². The molecule has 0 saturated heterocycles. The van der Waals surface area contributed by atoms with Gasteiger partial charge in [0.1, 0.15) is 8.24 Å². The monoisotopic (exact) mass is 379 g/mol. The molecule has 3 aromatic carbocycles. The standard InChI is InChI=1S/C23H26ClNSi/c1-26(2,3)25(20-14-8-5-9-15-20)23(18-19-12-6-4-7-13-19)21-16-10-11-17-22(21)24/h4-17,23H,18H2,1-3H3. The molecule has 26 heavy (non-hydrogen) atoms. The van der Waals surface area contributed by atoms with Crippen molar-refractivity contribution in [2.45, 2.75) is 32.1 Å². The third-order valence-electron chi connectivity index (χ3n) is 4.60. The predicted octanol–water partition coefficient (Wildman–Crippen LogP) is 6.97. The first-order valence-corrected chi connectivity index (χ1v) is 12.9. The first-order chi connectivity index (χ1) is 12.5. The van der Waals surface area contributed by atoms with Gasteiger partial charge in [-0.3, -0.25) is 0 Å². The molecule has 0 aliphatic heterocycles. The highest BCUT2D eigenvalue weighted by Gasteiger charge is 2.32. The van der Waals surface area contributed by atoms with E-state index in [-0.39, 0.29) is 6.04 Å². The molecule has 0 amide bonds. The third-order valence-corrected chi connectivity index (χ3v) is 6.96. The Morgan fingerprint density at radius 2 is 1.31 bits per heavy atom. The normalized spacial score (nSPS) is 12.6. The van der Waals surface area contributed by atoms with Gasteiger partial charge in [0.2, 0.25) is 0 Å². The van der Waals surface area contributed by atoms with E-state index in [1.54, 1.807) is 0 Å². The fraction of sp³-hybridized carbons (Fsp3) is 0.217. The maximum Gasteiger partial charge on any atom is 0.148 e. The third kappa shape index (κ3) is 4.38. The van der Waals surface area contributed by atoms with Crippen molar-refractivity contribution in [3.8, 4) is 0 Å². The van der Waals surface area contributed by atoms with Gasteiger partial charge in [0, 0.05) is 10.7 Å². The lowest BCUT2D eigenvalue weighted by Gasteiger charge is -2.43. The Bertz CT molecular complexity index is 828. The summed E-state index contributed by atoms with van der Waals surface area (Å²) in [4.78, 5) is 0. The minimum Gasteiger partial charge on any atom is -0.391 e. The summed E-state index contributed by atoms with van der Waals surface area (Å²) in [5.41, 5.74) is 3.80. The van der Waals surface area contributed by atoms with E-state index in [4.69, 9.17) is 11.6 Å². The van der Waals surface area contributed by atoms with Crippen LogP contribution in [0.25, 0.3) is 0 Å². The van der Waals surface area contributed by atoms with Crippen molar-refractivity contribution in [3.05, 3.63) is 101 Å². The number of benzene rings is 3. The van der Waals surface area contributed by atoms with E-state index in [0.29, 0.717) is 0 Å². The molecule has 0 N–H and O–H groups in total. The number of para-hydroxylation sites is 1. The highest BCUT2D eigenvalue weighted by atomic mass is 35.5. The highest BCUT2D eigenvalue weighted by Crippen LogP contribution is 2.37. The van der Waals surface area contributed by atoms with Gasteiger partial charge in [-0.05, 0) is 35.7 Å². The molecule has 3 rings (SSSR count). The van der Waals surface area contributed by atoms with Gasteiger partial charge in [-0.25, -0.2) is 0 Å². The van der Waals surface area contributed by atoms with E-state index in [0.717, 1.165) is 11.4 Å². The molecule has 0 radical (unpaired) electrons. The lowest BCUT2D eigenvalue weighted by atomic mass is 9.98. The van der Waals surface area contributed by atoms with Crippen molar-refractivity contribution in [2.75, 3.05) is 4.57 Å². The Labute approximate surface area is 163 Å². The highest BCUT2D eigenvalue weighted by molar-refractivity contribution is 6.79. The van der Waals surface area contributed by atoms with Gasteiger partial charge in [0.15, 0.2) is 0 Å². The average molecular weight is 380 g/mol. The molecule has 3 aromatic rings. The van der Waals surface area contributed by atoms with Crippen LogP contribution in [0.4, 0.5) is 5.69 Å². The quantitative estimate of drug-likeness (QED) is 0.418. The van der Waals surface area contributed by atoms with Crippen molar-refractivity contribution in [1.29, 1.82) is 0 Å². The average Bonchev–Trinajstić information content (AvgIpc) is 2.62. The van der Waals surface area contributed by atoms with Crippen LogP contribution in [0.15, 0.2) is 84.9 Å². The molecule has 1 unspecified atom stereocenters. The van der Waals surface area contributed by atoms with Crippen molar-refractivity contribution in [3.63, 3.8) is 0 Å². The first kappa shape index (κ1) is 18.7. The number of hydrogen-bond acceptors (Lipinski definition) is 1. The van der Waals surface area contributed by atoms with Crippen LogP contribution in [-0.4, -0.2) is 8.24 Å². The van der Waals surface area contributed by atoms with Crippen LogP contribution in [0.5, 0.6) is 0 Å². The Hall–Kier alpha value is -2.03. The van der Waals surface area contributed by atoms with Crippen LogP contribution in [0.1, 0.15) is 17.2 Å². The number of anilines is 1. The molecule has 1 atom stereocenters. The summed E-state index contributed by atoms with van der Waals surface area (Å²) in [6.45, 7) is 7.19. The van der Waals surface area contributed by atoms with E-state index >= 15 is 0 Å². The summed E-state index contributed by atoms with van der Waals surface area (Å²) in [6, 6.07) is 29.9. The second-order valence-electron chi connectivity index (χ2n) is 7.60. The molecule has 0 fully saturated rings. The lowest BCUT2D eigenvalue weighted by Crippen LogP contribution is -2.49. The van der Waals surface area contributed by atoms with Gasteiger partial charge in [-0.2, -0.15) is 0 Å². The minimum atomic E-state index is -1.68. The molecule has 134 valence electrons. The fourth-order valence-electron chi connectivity index (χ4n) is 3.55. The zero-order valence-electron chi connectivity index (χ0n) is 15.7. The largest absolute Gasteiger partial charge is 0.391 e. The molecule has 0 spiro atoms. The SMILES string of the molecule is C[Si](C)(C)N(c1ccccc1)C(Cc1ccccc1)c1ccccc1Cl. The predicted molar refractivity (Wildman–Crippen MR) is 117 cm³/mol. The van der Waals surface area contributed by atoms with E-state index in [1.165, 1.54) is 16.8 Å². The number of hydrogen-bond donors (Lipinski definition) is 0. The summed E-state index contributed by atoms with van der Waals surface area (Å²) >= 11 is 6.66. The Kier molecular flexibility index (Phi) is 5.85. The molecule has 0 heterocycles. The van der Waals surface area contributed by atoms with E-state index < -0.39 is 8.24 Å². The maximum absolute atomic E-state index is 6.66. The molecular formula is C23H26ClNSi. The smallest absolute Gasteiger partial charge is 0.148 e. The Morgan fingerprint density at radius 1 is 0.769 bits per heavy atom. The molecule has 1 nitrogen and oxygen atoms in total. The van der Waals surface area contributed by atoms with Gasteiger partial charge >= 0.3 is 0 Å². The van der Waals surface area contributed by atoms with Crippen LogP contribution in [0, 0.1) is 0 Å². The van der Waals surface area contributed by atoms with Gasteiger partial charge in [0.25, 0.3) is 0 Å². The lowest BCUT2D eigenvalue weighted by molar-refractivity contribution is 0.707. The van der Waals surface area contributed by atoms with E-state index in [1.807, 2.05) is 12.1 Å². The Balaban J connectivity index is 2.12. The number of halogens is 1. The second kappa shape index (κ2) is 8.11. The summed E-state index contributed by atoms with van der Waals surface area (Å²) in [7, 11) is -1.68. The zero-order valence-corrected chi connectivity index (χ0v) is 17.4. The molecule has 0 saturated carbocycles. The van der Waals surface area contributed by atoms with Crippen LogP contribution >= 0.6 is 11.6 Å². The molecular weight excluding hydrogens is 354 g/mol. The molecule has 0 aliphatic rings. The first-order valence-electron chi connectivity index (χ1n) is 9.09. The summed E-state index contributed by atoms with van der Waals surface area (Å²) in [5, 5.41) is 0.840. The fourth-order valence-corrected chi connectivity index (χ4v) is 5.90. The molecule has 0 aromatic heterocycles. The Morgan fingerprint density at radius 3 is 1.88 bits per heavy atom. The van der Waals surface area contributed by atoms with Crippen molar-refractivity contribution < 1.29 is 0 Å². The number of rotatable bonds is 6. The van der Waals surface area contributed by atoms with Crippen LogP contribution < -0.4 is 4.57 Å². The van der Waals surface area contributed by atoms with Crippen LogP contribution in [0.2, 0.25) is 24.7 Å². The van der Waals surface area contributed by atoms with E-state index in [2.05, 4.69) is 97.0 Å². The van der Waals surface area contributed by atoms with Gasteiger partial charge in [-0.15, -0.1) is 0 Å². The van der Waals surface area contributed by atoms with Gasteiger partial charge < -0.3 is 4.57 Å².